The minimum Gasteiger partial charge on any atom is -0.353 e. The molecular formula is C15H25N3O2. The van der Waals surface area contributed by atoms with E-state index < -0.39 is 0 Å². The molecule has 2 N–H and O–H groups in total. The van der Waals surface area contributed by atoms with Crippen molar-refractivity contribution in [3.63, 3.8) is 0 Å². The average molecular weight is 279 g/mol. The molecule has 1 saturated carbocycles. The molecular weight excluding hydrogens is 254 g/mol. The second-order valence-electron chi connectivity index (χ2n) is 6.71. The van der Waals surface area contributed by atoms with Crippen LogP contribution >= 0.6 is 0 Å². The monoisotopic (exact) mass is 279 g/mol. The lowest BCUT2D eigenvalue weighted by Crippen LogP contribution is -2.56. The molecule has 0 aromatic heterocycles. The summed E-state index contributed by atoms with van der Waals surface area (Å²) in [6.45, 7) is 4.50. The molecule has 1 unspecified atom stereocenters. The summed E-state index contributed by atoms with van der Waals surface area (Å²) in [6, 6.07) is 0.261. The van der Waals surface area contributed by atoms with Gasteiger partial charge in [-0.25, -0.2) is 0 Å². The average Bonchev–Trinajstić information content (AvgIpc) is 3.21. The molecule has 5 heteroatoms. The van der Waals surface area contributed by atoms with Crippen LogP contribution in [0.15, 0.2) is 0 Å². The van der Waals surface area contributed by atoms with Gasteiger partial charge in [-0.05, 0) is 52.0 Å². The molecule has 2 saturated heterocycles. The second-order valence-corrected chi connectivity index (χ2v) is 6.71. The number of hydrogen-bond donors (Lipinski definition) is 2. The van der Waals surface area contributed by atoms with Crippen molar-refractivity contribution >= 4 is 11.8 Å². The first-order chi connectivity index (χ1) is 9.58. The highest BCUT2D eigenvalue weighted by atomic mass is 16.2. The fraction of sp³-hybridized carbons (Fsp3) is 0.867. The van der Waals surface area contributed by atoms with Gasteiger partial charge in [-0.2, -0.15) is 0 Å². The summed E-state index contributed by atoms with van der Waals surface area (Å²) in [5, 5.41) is 6.46. The Hall–Kier alpha value is -1.10. The fourth-order valence-electron chi connectivity index (χ4n) is 3.32. The molecule has 2 amide bonds. The van der Waals surface area contributed by atoms with E-state index in [2.05, 4.69) is 10.6 Å². The van der Waals surface area contributed by atoms with Crippen LogP contribution in [-0.2, 0) is 9.59 Å². The third-order valence-corrected chi connectivity index (χ3v) is 4.92. The van der Waals surface area contributed by atoms with E-state index in [1.165, 1.54) is 0 Å². The number of likely N-dealkylation sites (tertiary alicyclic amines) is 1. The number of piperidine rings is 1. The first-order valence-corrected chi connectivity index (χ1v) is 7.93. The summed E-state index contributed by atoms with van der Waals surface area (Å²) in [5.41, 5.74) is -0.357. The zero-order valence-electron chi connectivity index (χ0n) is 12.3. The highest BCUT2D eigenvalue weighted by Crippen LogP contribution is 2.29. The number of carbonyl (C=O) groups is 2. The molecule has 3 rings (SSSR count). The van der Waals surface area contributed by atoms with E-state index in [0.29, 0.717) is 0 Å². The summed E-state index contributed by atoms with van der Waals surface area (Å²) in [6.07, 6.45) is 5.89. The summed E-state index contributed by atoms with van der Waals surface area (Å²) in [4.78, 5) is 26.3. The van der Waals surface area contributed by atoms with Crippen LogP contribution in [0.4, 0.5) is 0 Å². The molecule has 3 fully saturated rings. The van der Waals surface area contributed by atoms with E-state index in [1.807, 2.05) is 11.8 Å². The Morgan fingerprint density at radius 3 is 2.45 bits per heavy atom. The van der Waals surface area contributed by atoms with Crippen molar-refractivity contribution in [2.45, 2.75) is 57.0 Å². The number of hydrogen-bond acceptors (Lipinski definition) is 3. The molecule has 1 atom stereocenters. The quantitative estimate of drug-likeness (QED) is 0.797. The van der Waals surface area contributed by atoms with Crippen molar-refractivity contribution in [1.29, 1.82) is 0 Å². The van der Waals surface area contributed by atoms with Gasteiger partial charge in [0.1, 0.15) is 0 Å². The SMILES string of the molecule is CC1(C(=O)N2CCC(NC(=O)C3CC3)CC2)CCCN1. The lowest BCUT2D eigenvalue weighted by atomic mass is 9.96. The molecule has 112 valence electrons. The second kappa shape index (κ2) is 5.35. The highest BCUT2D eigenvalue weighted by molar-refractivity contribution is 5.86. The van der Waals surface area contributed by atoms with Gasteiger partial charge in [-0.3, -0.25) is 9.59 Å². The molecule has 20 heavy (non-hydrogen) atoms. The Morgan fingerprint density at radius 2 is 1.90 bits per heavy atom. The molecule has 2 heterocycles. The van der Waals surface area contributed by atoms with Crippen LogP contribution in [0.2, 0.25) is 0 Å². The highest BCUT2D eigenvalue weighted by Gasteiger charge is 2.40. The molecule has 5 nitrogen and oxygen atoms in total. The summed E-state index contributed by atoms with van der Waals surface area (Å²) >= 11 is 0. The lowest BCUT2D eigenvalue weighted by molar-refractivity contribution is -0.138. The molecule has 1 aliphatic carbocycles. The Kier molecular flexibility index (Phi) is 3.71. The van der Waals surface area contributed by atoms with E-state index in [9.17, 15) is 9.59 Å². The van der Waals surface area contributed by atoms with E-state index in [0.717, 1.165) is 58.2 Å². The first kappa shape index (κ1) is 13.9. The molecule has 0 bridgehead atoms. The van der Waals surface area contributed by atoms with Crippen molar-refractivity contribution in [3.8, 4) is 0 Å². The standard InChI is InChI=1S/C15H25N3O2/c1-15(7-2-8-16-15)14(20)18-9-5-12(6-10-18)17-13(19)11-3-4-11/h11-12,16H,2-10H2,1H3,(H,17,19). The van der Waals surface area contributed by atoms with Gasteiger partial charge in [0.2, 0.25) is 11.8 Å². The maximum atomic E-state index is 12.5. The number of nitrogens with zero attached hydrogens (tertiary/aromatic N) is 1. The smallest absolute Gasteiger partial charge is 0.242 e. The maximum absolute atomic E-state index is 12.5. The molecule has 0 aromatic rings. The molecule has 0 radical (unpaired) electrons. The number of nitrogens with one attached hydrogen (secondary N) is 2. The minimum absolute atomic E-state index is 0.221. The van der Waals surface area contributed by atoms with E-state index in [1.54, 1.807) is 0 Å². The van der Waals surface area contributed by atoms with Crippen LogP contribution in [0.25, 0.3) is 0 Å². The van der Waals surface area contributed by atoms with Crippen molar-refractivity contribution < 1.29 is 9.59 Å². The van der Waals surface area contributed by atoms with Gasteiger partial charge >= 0.3 is 0 Å². The molecule has 2 aliphatic heterocycles. The summed E-state index contributed by atoms with van der Waals surface area (Å²) < 4.78 is 0. The fourth-order valence-corrected chi connectivity index (χ4v) is 3.32. The number of amides is 2. The molecule has 3 aliphatic rings. The van der Waals surface area contributed by atoms with Crippen molar-refractivity contribution in [3.05, 3.63) is 0 Å². The maximum Gasteiger partial charge on any atom is 0.242 e. The predicted molar refractivity (Wildman–Crippen MR) is 76.1 cm³/mol. The van der Waals surface area contributed by atoms with Crippen LogP contribution < -0.4 is 10.6 Å². The topological polar surface area (TPSA) is 61.4 Å². The Balaban J connectivity index is 1.48. The molecule has 0 spiro atoms. The van der Waals surface area contributed by atoms with Gasteiger partial charge in [0.25, 0.3) is 0 Å². The van der Waals surface area contributed by atoms with Crippen molar-refractivity contribution in [2.75, 3.05) is 19.6 Å². The molecule has 0 aromatic carbocycles. The van der Waals surface area contributed by atoms with E-state index in [4.69, 9.17) is 0 Å². The number of carbonyl (C=O) groups excluding carboxylic acids is 2. The predicted octanol–water partition coefficient (Wildman–Crippen LogP) is 0.646. The van der Waals surface area contributed by atoms with Gasteiger partial charge in [-0.1, -0.05) is 0 Å². The van der Waals surface area contributed by atoms with Gasteiger partial charge in [0, 0.05) is 25.0 Å². The summed E-state index contributed by atoms with van der Waals surface area (Å²) in [7, 11) is 0. The largest absolute Gasteiger partial charge is 0.353 e. The Bertz CT molecular complexity index is 392. The van der Waals surface area contributed by atoms with Gasteiger partial charge in [0.15, 0.2) is 0 Å². The zero-order valence-corrected chi connectivity index (χ0v) is 12.3. The summed E-state index contributed by atoms with van der Waals surface area (Å²) in [5.74, 6) is 0.734. The van der Waals surface area contributed by atoms with E-state index in [-0.39, 0.29) is 29.3 Å². The van der Waals surface area contributed by atoms with Crippen LogP contribution in [0.1, 0.15) is 45.4 Å². The van der Waals surface area contributed by atoms with E-state index >= 15 is 0 Å². The van der Waals surface area contributed by atoms with Gasteiger partial charge in [-0.15, -0.1) is 0 Å². The number of rotatable bonds is 3. The third-order valence-electron chi connectivity index (χ3n) is 4.92. The van der Waals surface area contributed by atoms with Crippen LogP contribution in [0.5, 0.6) is 0 Å². The van der Waals surface area contributed by atoms with Crippen LogP contribution in [-0.4, -0.2) is 47.9 Å². The van der Waals surface area contributed by atoms with Crippen LogP contribution in [0.3, 0.4) is 0 Å². The first-order valence-electron chi connectivity index (χ1n) is 7.93. The third kappa shape index (κ3) is 2.82. The van der Waals surface area contributed by atoms with Gasteiger partial charge < -0.3 is 15.5 Å². The Labute approximate surface area is 120 Å². The Morgan fingerprint density at radius 1 is 1.20 bits per heavy atom. The van der Waals surface area contributed by atoms with Gasteiger partial charge in [0.05, 0.1) is 5.54 Å². The minimum atomic E-state index is -0.357. The van der Waals surface area contributed by atoms with Crippen LogP contribution in [0, 0.1) is 5.92 Å². The van der Waals surface area contributed by atoms with Crippen molar-refractivity contribution in [2.24, 2.45) is 5.92 Å². The normalized spacial score (nSPS) is 31.4. The lowest BCUT2D eigenvalue weighted by Gasteiger charge is -2.37. The van der Waals surface area contributed by atoms with Crippen molar-refractivity contribution in [1.82, 2.24) is 15.5 Å². The zero-order chi connectivity index (χ0) is 14.2.